The van der Waals surface area contributed by atoms with Crippen LogP contribution in [0.5, 0.6) is 0 Å². The van der Waals surface area contributed by atoms with E-state index >= 15 is 0 Å². The molecular weight excluding hydrogens is 176 g/mol. The average molecular weight is 178 g/mol. The highest BCUT2D eigenvalue weighted by Gasteiger charge is 2.21. The highest BCUT2D eigenvalue weighted by atomic mass is 31.2. The fourth-order valence-electron chi connectivity index (χ4n) is 0.139. The van der Waals surface area contributed by atoms with Crippen LogP contribution in [0.2, 0.25) is 0 Å². The van der Waals surface area contributed by atoms with Crippen molar-refractivity contribution < 1.29 is 32.0 Å². The predicted octanol–water partition coefficient (Wildman–Crippen LogP) is 1.13. The third-order valence-corrected chi connectivity index (χ3v) is 0.746. The van der Waals surface area contributed by atoms with E-state index in [1.165, 1.54) is 0 Å². The summed E-state index contributed by atoms with van der Waals surface area (Å²) in [5.74, 6) is 0. The average Bonchev–Trinajstić information content (AvgIpc) is 1.60. The molecule has 8 heteroatoms. The maximum atomic E-state index is 11.4. The minimum atomic E-state index is -5.19. The van der Waals surface area contributed by atoms with E-state index in [9.17, 15) is 17.7 Å². The first kappa shape index (κ1) is 9.48. The van der Waals surface area contributed by atoms with Crippen molar-refractivity contribution in [3.63, 3.8) is 0 Å². The second-order valence-corrected chi connectivity index (χ2v) is 2.28. The largest absolute Gasteiger partial charge is 0.526 e. The van der Waals surface area contributed by atoms with Crippen LogP contribution in [-0.2, 0) is 9.09 Å². The number of phosphoric ester groups is 1. The molecule has 0 unspecified atom stereocenters. The fourth-order valence-corrected chi connectivity index (χ4v) is 0.417. The Morgan fingerprint density at radius 1 is 1.30 bits per heavy atom. The lowest BCUT2D eigenvalue weighted by Crippen LogP contribution is -1.85. The summed E-state index contributed by atoms with van der Waals surface area (Å²) < 4.78 is 45.9. The van der Waals surface area contributed by atoms with Gasteiger partial charge in [-0.25, -0.2) is 4.57 Å². The van der Waals surface area contributed by atoms with E-state index in [1.54, 1.807) is 0 Å². The van der Waals surface area contributed by atoms with Crippen molar-refractivity contribution in [2.75, 3.05) is 0 Å². The summed E-state index contributed by atoms with van der Waals surface area (Å²) in [5.41, 5.74) is 0. The van der Waals surface area contributed by atoms with E-state index in [-0.39, 0.29) is 0 Å². The molecule has 0 spiro atoms. The summed E-state index contributed by atoms with van der Waals surface area (Å²) in [5, 5.41) is 0. The predicted molar refractivity (Wildman–Crippen MR) is 23.5 cm³/mol. The van der Waals surface area contributed by atoms with E-state index in [4.69, 9.17) is 9.79 Å². The van der Waals surface area contributed by atoms with Crippen molar-refractivity contribution in [2.24, 2.45) is 0 Å². The summed E-state index contributed by atoms with van der Waals surface area (Å²) in [6.45, 7) is 0. The molecule has 0 radical (unpaired) electrons. The zero-order chi connectivity index (χ0) is 8.36. The quantitative estimate of drug-likeness (QED) is 0.491. The molecule has 0 aromatic carbocycles. The Kier molecular flexibility index (Phi) is 2.89. The number of hydrogen-bond acceptors (Lipinski definition) is 2. The zero-order valence-corrected chi connectivity index (χ0v) is 5.19. The van der Waals surface area contributed by atoms with Gasteiger partial charge in [-0.2, -0.15) is 13.2 Å². The SMILES string of the molecule is O=P(O)(O)OC(F)=C(F)F. The van der Waals surface area contributed by atoms with Gasteiger partial charge in [0.25, 0.3) is 0 Å². The molecule has 0 fully saturated rings. The third kappa shape index (κ3) is 4.37. The van der Waals surface area contributed by atoms with Gasteiger partial charge in [0.1, 0.15) is 0 Å². The Labute approximate surface area is 53.2 Å². The molecular formula is C2H2F3O4P. The number of halogens is 3. The van der Waals surface area contributed by atoms with Crippen LogP contribution in [0.25, 0.3) is 0 Å². The van der Waals surface area contributed by atoms with Gasteiger partial charge < -0.3 is 4.52 Å². The molecule has 10 heavy (non-hydrogen) atoms. The fraction of sp³-hybridized carbons (Fsp3) is 0. The summed E-state index contributed by atoms with van der Waals surface area (Å²) in [6, 6.07) is -2.56. The van der Waals surface area contributed by atoms with Crippen molar-refractivity contribution in [1.82, 2.24) is 0 Å². The van der Waals surface area contributed by atoms with E-state index < -0.39 is 19.9 Å². The van der Waals surface area contributed by atoms with Crippen LogP contribution in [0.3, 0.4) is 0 Å². The lowest BCUT2D eigenvalue weighted by atomic mass is 11.0. The van der Waals surface area contributed by atoms with Crippen molar-refractivity contribution >= 4 is 7.82 Å². The smallest absolute Gasteiger partial charge is 0.372 e. The molecule has 4 nitrogen and oxygen atoms in total. The molecule has 0 aromatic heterocycles. The van der Waals surface area contributed by atoms with Crippen molar-refractivity contribution in [3.8, 4) is 0 Å². The van der Waals surface area contributed by atoms with Crippen LogP contribution in [0.4, 0.5) is 13.2 Å². The molecule has 60 valence electrons. The highest BCUT2D eigenvalue weighted by molar-refractivity contribution is 7.46. The van der Waals surface area contributed by atoms with Crippen LogP contribution in [0.1, 0.15) is 0 Å². The van der Waals surface area contributed by atoms with Gasteiger partial charge in [-0.3, -0.25) is 9.79 Å². The first-order valence-electron chi connectivity index (χ1n) is 1.79. The standard InChI is InChI=1S/C2H2F3O4P/c3-1(4)2(5)9-10(6,7)8/h(H2,6,7,8). The Bertz CT molecular complexity index is 191. The van der Waals surface area contributed by atoms with Crippen LogP contribution in [0.15, 0.2) is 12.1 Å². The lowest BCUT2D eigenvalue weighted by molar-refractivity contribution is 0.176. The molecule has 0 saturated heterocycles. The molecule has 0 aliphatic carbocycles. The minimum absolute atomic E-state index is 2.56. The summed E-state index contributed by atoms with van der Waals surface area (Å²) >= 11 is 0. The molecule has 0 bridgehead atoms. The van der Waals surface area contributed by atoms with Gasteiger partial charge in [-0.05, 0) is 0 Å². The topological polar surface area (TPSA) is 66.8 Å². The van der Waals surface area contributed by atoms with Gasteiger partial charge in [0.2, 0.25) is 0 Å². The Morgan fingerprint density at radius 2 is 1.70 bits per heavy atom. The molecule has 0 heterocycles. The van der Waals surface area contributed by atoms with E-state index in [0.717, 1.165) is 0 Å². The summed E-state index contributed by atoms with van der Waals surface area (Å²) in [7, 11) is -5.19. The second-order valence-electron chi connectivity index (χ2n) is 1.12. The molecule has 0 saturated carbocycles. The Morgan fingerprint density at radius 3 is 1.80 bits per heavy atom. The summed E-state index contributed by atoms with van der Waals surface area (Å²) in [4.78, 5) is 15.4. The van der Waals surface area contributed by atoms with E-state index in [2.05, 4.69) is 4.52 Å². The number of phosphoric acid groups is 1. The van der Waals surface area contributed by atoms with Crippen LogP contribution >= 0.6 is 7.82 Å². The van der Waals surface area contributed by atoms with E-state index in [1.807, 2.05) is 0 Å². The molecule has 0 aliphatic rings. The van der Waals surface area contributed by atoms with Crippen molar-refractivity contribution in [3.05, 3.63) is 12.1 Å². The van der Waals surface area contributed by atoms with Crippen LogP contribution < -0.4 is 0 Å². The molecule has 0 atom stereocenters. The van der Waals surface area contributed by atoms with Gasteiger partial charge in [0, 0.05) is 0 Å². The Balaban J connectivity index is 4.20. The van der Waals surface area contributed by atoms with Gasteiger partial charge in [0.05, 0.1) is 0 Å². The van der Waals surface area contributed by atoms with Gasteiger partial charge in [-0.1, -0.05) is 0 Å². The summed E-state index contributed by atoms with van der Waals surface area (Å²) in [6.07, 6.45) is -2.91. The van der Waals surface area contributed by atoms with Crippen LogP contribution in [0, 0.1) is 0 Å². The zero-order valence-electron chi connectivity index (χ0n) is 4.29. The number of hydrogen-bond donors (Lipinski definition) is 2. The van der Waals surface area contributed by atoms with Crippen molar-refractivity contribution in [1.29, 1.82) is 0 Å². The normalized spacial score (nSPS) is 10.9. The van der Waals surface area contributed by atoms with Crippen molar-refractivity contribution in [2.45, 2.75) is 0 Å². The molecule has 0 rings (SSSR count). The molecule has 0 aromatic rings. The van der Waals surface area contributed by atoms with Gasteiger partial charge in [0.15, 0.2) is 0 Å². The first-order chi connectivity index (χ1) is 4.33. The van der Waals surface area contributed by atoms with Gasteiger partial charge >= 0.3 is 19.9 Å². The number of rotatable bonds is 2. The highest BCUT2D eigenvalue weighted by Crippen LogP contribution is 2.40. The molecule has 0 amide bonds. The molecule has 0 aliphatic heterocycles. The second kappa shape index (κ2) is 3.05. The third-order valence-electron chi connectivity index (χ3n) is 0.348. The first-order valence-corrected chi connectivity index (χ1v) is 3.32. The van der Waals surface area contributed by atoms with E-state index in [0.29, 0.717) is 0 Å². The van der Waals surface area contributed by atoms with Crippen LogP contribution in [-0.4, -0.2) is 9.79 Å². The maximum Gasteiger partial charge on any atom is 0.526 e. The lowest BCUT2D eigenvalue weighted by Gasteiger charge is -2.00. The monoisotopic (exact) mass is 178 g/mol. The maximum absolute atomic E-state index is 11.4. The minimum Gasteiger partial charge on any atom is -0.372 e. The Hall–Kier alpha value is -0.520. The van der Waals surface area contributed by atoms with Gasteiger partial charge in [-0.15, -0.1) is 0 Å². The molecule has 2 N–H and O–H groups in total.